The third-order valence-electron chi connectivity index (χ3n) is 4.05. The highest BCUT2D eigenvalue weighted by molar-refractivity contribution is 5.84. The Hall–Kier alpha value is -1.51. The van der Waals surface area contributed by atoms with E-state index in [4.69, 9.17) is 4.99 Å². The van der Waals surface area contributed by atoms with Gasteiger partial charge >= 0.3 is 0 Å². The minimum atomic E-state index is 0.557. The predicted molar refractivity (Wildman–Crippen MR) is 74.8 cm³/mol. The molecule has 18 heavy (non-hydrogen) atoms. The molecule has 2 heterocycles. The van der Waals surface area contributed by atoms with Crippen LogP contribution in [-0.4, -0.2) is 47.5 Å². The summed E-state index contributed by atoms with van der Waals surface area (Å²) >= 11 is 0. The highest BCUT2D eigenvalue weighted by Crippen LogP contribution is 2.25. The molecule has 96 valence electrons. The molecule has 0 N–H and O–H groups in total. The van der Waals surface area contributed by atoms with Gasteiger partial charge < -0.3 is 9.80 Å². The lowest BCUT2D eigenvalue weighted by Gasteiger charge is -2.23. The molecule has 1 aromatic rings. The van der Waals surface area contributed by atoms with Gasteiger partial charge in [-0.15, -0.1) is 0 Å². The summed E-state index contributed by atoms with van der Waals surface area (Å²) in [7, 11) is 0. The van der Waals surface area contributed by atoms with Crippen LogP contribution in [0.2, 0.25) is 0 Å². The van der Waals surface area contributed by atoms with Gasteiger partial charge in [0.2, 0.25) is 0 Å². The maximum atomic E-state index is 4.75. The van der Waals surface area contributed by atoms with Crippen LogP contribution in [0.3, 0.4) is 0 Å². The Morgan fingerprint density at radius 2 is 2.06 bits per heavy atom. The second-order valence-electron chi connectivity index (χ2n) is 5.27. The second-order valence-corrected chi connectivity index (χ2v) is 5.27. The third-order valence-corrected chi connectivity index (χ3v) is 4.05. The topological polar surface area (TPSA) is 18.8 Å². The lowest BCUT2D eigenvalue weighted by Crippen LogP contribution is -2.37. The minimum absolute atomic E-state index is 0.557. The highest BCUT2D eigenvalue weighted by Gasteiger charge is 2.39. The molecule has 0 spiro atoms. The van der Waals surface area contributed by atoms with Crippen molar-refractivity contribution in [1.29, 1.82) is 0 Å². The van der Waals surface area contributed by atoms with Crippen molar-refractivity contribution in [3.05, 3.63) is 35.9 Å². The monoisotopic (exact) mass is 243 g/mol. The molecule has 3 heteroatoms. The Morgan fingerprint density at radius 1 is 1.28 bits per heavy atom. The number of hydrogen-bond donors (Lipinski definition) is 0. The summed E-state index contributed by atoms with van der Waals surface area (Å²) in [6, 6.07) is 11.9. The van der Waals surface area contributed by atoms with E-state index in [0.717, 1.165) is 26.1 Å². The molecule has 1 saturated heterocycles. The summed E-state index contributed by atoms with van der Waals surface area (Å²) < 4.78 is 0. The second kappa shape index (κ2) is 4.63. The van der Waals surface area contributed by atoms with E-state index in [0.29, 0.717) is 12.1 Å². The van der Waals surface area contributed by atoms with Crippen LogP contribution in [0.5, 0.6) is 0 Å². The maximum Gasteiger partial charge on any atom is 0.197 e. The SMILES string of the molecule is CCN1C2=NC[C@H](Cc3ccccc3)N2C[C@H]1C. The van der Waals surface area contributed by atoms with Crippen molar-refractivity contribution in [3.8, 4) is 0 Å². The summed E-state index contributed by atoms with van der Waals surface area (Å²) in [6.07, 6.45) is 1.11. The van der Waals surface area contributed by atoms with Gasteiger partial charge in [0.05, 0.1) is 12.6 Å². The van der Waals surface area contributed by atoms with Crippen LogP contribution in [-0.2, 0) is 6.42 Å². The first-order chi connectivity index (χ1) is 8.79. The largest absolute Gasteiger partial charge is 0.339 e. The van der Waals surface area contributed by atoms with Gasteiger partial charge in [0, 0.05) is 19.1 Å². The third kappa shape index (κ3) is 1.88. The van der Waals surface area contributed by atoms with E-state index in [-0.39, 0.29) is 0 Å². The fraction of sp³-hybridized carbons (Fsp3) is 0.533. The molecule has 2 aliphatic heterocycles. The average Bonchev–Trinajstić information content (AvgIpc) is 2.90. The van der Waals surface area contributed by atoms with E-state index in [1.54, 1.807) is 0 Å². The number of nitrogens with zero attached hydrogens (tertiary/aromatic N) is 3. The quantitative estimate of drug-likeness (QED) is 0.808. The molecular formula is C15H21N3. The van der Waals surface area contributed by atoms with Crippen molar-refractivity contribution in [3.63, 3.8) is 0 Å². The first kappa shape index (κ1) is 11.6. The van der Waals surface area contributed by atoms with Gasteiger partial charge in [0.1, 0.15) is 0 Å². The first-order valence-electron chi connectivity index (χ1n) is 6.91. The van der Waals surface area contributed by atoms with E-state index >= 15 is 0 Å². The molecule has 2 aliphatic rings. The van der Waals surface area contributed by atoms with Crippen LogP contribution in [0.1, 0.15) is 19.4 Å². The van der Waals surface area contributed by atoms with E-state index in [1.165, 1.54) is 11.5 Å². The van der Waals surface area contributed by atoms with Crippen molar-refractivity contribution >= 4 is 5.96 Å². The van der Waals surface area contributed by atoms with Gasteiger partial charge in [-0.3, -0.25) is 4.99 Å². The molecule has 1 aromatic carbocycles. The van der Waals surface area contributed by atoms with Gasteiger partial charge in [0.25, 0.3) is 0 Å². The number of benzene rings is 1. The molecule has 0 aliphatic carbocycles. The van der Waals surface area contributed by atoms with Gasteiger partial charge in [-0.05, 0) is 25.8 Å². The lowest BCUT2D eigenvalue weighted by atomic mass is 10.1. The standard InChI is InChI=1S/C15H21N3/c1-3-17-12(2)11-18-14(10-16-15(17)18)9-13-7-5-4-6-8-13/h4-8,12,14H,3,9-11H2,1-2H3/t12-,14+/m1/s1. The summed E-state index contributed by atoms with van der Waals surface area (Å²) in [5.74, 6) is 1.23. The minimum Gasteiger partial charge on any atom is -0.339 e. The smallest absolute Gasteiger partial charge is 0.197 e. The van der Waals surface area contributed by atoms with Crippen LogP contribution in [0.15, 0.2) is 35.3 Å². The Kier molecular flexibility index (Phi) is 2.98. The van der Waals surface area contributed by atoms with Crippen LogP contribution in [0.25, 0.3) is 0 Å². The number of rotatable bonds is 3. The zero-order valence-corrected chi connectivity index (χ0v) is 11.2. The maximum absolute atomic E-state index is 4.75. The Bertz CT molecular complexity index is 440. The zero-order chi connectivity index (χ0) is 12.5. The Balaban J connectivity index is 1.72. The Morgan fingerprint density at radius 3 is 2.78 bits per heavy atom. The van der Waals surface area contributed by atoms with Crippen molar-refractivity contribution in [2.45, 2.75) is 32.4 Å². The number of fused-ring (bicyclic) bond motifs is 1. The molecule has 0 radical (unpaired) electrons. The molecule has 0 aromatic heterocycles. The lowest BCUT2D eigenvalue weighted by molar-refractivity contribution is 0.335. The normalized spacial score (nSPS) is 26.4. The number of hydrogen-bond acceptors (Lipinski definition) is 3. The first-order valence-corrected chi connectivity index (χ1v) is 6.91. The van der Waals surface area contributed by atoms with E-state index in [2.05, 4.69) is 54.0 Å². The highest BCUT2D eigenvalue weighted by atomic mass is 15.5. The molecule has 3 rings (SSSR count). The van der Waals surface area contributed by atoms with Gasteiger partial charge in [-0.25, -0.2) is 0 Å². The fourth-order valence-corrected chi connectivity index (χ4v) is 3.12. The van der Waals surface area contributed by atoms with Crippen LogP contribution in [0, 0.1) is 0 Å². The molecular weight excluding hydrogens is 222 g/mol. The number of likely N-dealkylation sites (N-methyl/N-ethyl adjacent to an activating group) is 1. The molecule has 0 bridgehead atoms. The molecule has 0 amide bonds. The van der Waals surface area contributed by atoms with E-state index in [9.17, 15) is 0 Å². The Labute approximate surface area is 109 Å². The number of aliphatic imine (C=N–C) groups is 1. The summed E-state index contributed by atoms with van der Waals surface area (Å²) in [4.78, 5) is 9.67. The molecule has 2 atom stereocenters. The van der Waals surface area contributed by atoms with Crippen LogP contribution < -0.4 is 0 Å². The van der Waals surface area contributed by atoms with Crippen LogP contribution >= 0.6 is 0 Å². The van der Waals surface area contributed by atoms with Crippen molar-refractivity contribution in [2.24, 2.45) is 4.99 Å². The molecule has 1 fully saturated rings. The zero-order valence-electron chi connectivity index (χ0n) is 11.2. The summed E-state index contributed by atoms with van der Waals surface area (Å²) in [5, 5.41) is 0. The van der Waals surface area contributed by atoms with Crippen molar-refractivity contribution in [2.75, 3.05) is 19.6 Å². The molecule has 0 unspecified atom stereocenters. The van der Waals surface area contributed by atoms with Crippen molar-refractivity contribution < 1.29 is 0 Å². The fourth-order valence-electron chi connectivity index (χ4n) is 3.12. The number of guanidine groups is 1. The van der Waals surface area contributed by atoms with E-state index in [1.807, 2.05) is 0 Å². The summed E-state index contributed by atoms with van der Waals surface area (Å²) in [5.41, 5.74) is 1.42. The van der Waals surface area contributed by atoms with Gasteiger partial charge in [-0.2, -0.15) is 0 Å². The van der Waals surface area contributed by atoms with Gasteiger partial charge in [-0.1, -0.05) is 30.3 Å². The average molecular weight is 243 g/mol. The van der Waals surface area contributed by atoms with Crippen LogP contribution in [0.4, 0.5) is 0 Å². The van der Waals surface area contributed by atoms with Gasteiger partial charge in [0.15, 0.2) is 5.96 Å². The van der Waals surface area contributed by atoms with Crippen molar-refractivity contribution in [1.82, 2.24) is 9.80 Å². The molecule has 3 nitrogen and oxygen atoms in total. The predicted octanol–water partition coefficient (Wildman–Crippen LogP) is 1.99. The summed E-state index contributed by atoms with van der Waals surface area (Å²) in [6.45, 7) is 7.66. The molecule has 0 saturated carbocycles. The van der Waals surface area contributed by atoms with E-state index < -0.39 is 0 Å².